The molecule has 1 aliphatic heterocycles. The van der Waals surface area contributed by atoms with Crippen LogP contribution in [0.3, 0.4) is 0 Å². The topological polar surface area (TPSA) is 123 Å². The number of imidazole rings is 1. The van der Waals surface area contributed by atoms with Crippen LogP contribution in [-0.2, 0) is 11.3 Å². The van der Waals surface area contributed by atoms with E-state index in [1.165, 1.54) is 12.1 Å². The van der Waals surface area contributed by atoms with Gasteiger partial charge in [0, 0.05) is 18.3 Å². The SMILES string of the molecule is COc1nc(-c2nc3n(n2)CCO[C@@H]3c2cccc([N+](=O)[O-])c2)ccc1-n1cnc(C)c1. The lowest BCUT2D eigenvalue weighted by molar-refractivity contribution is -0.385. The number of nitrogens with zero attached hydrogens (tertiary/aromatic N) is 7. The Morgan fingerprint density at radius 1 is 1.25 bits per heavy atom. The van der Waals surface area contributed by atoms with Gasteiger partial charge >= 0.3 is 0 Å². The molecule has 11 heteroatoms. The molecular weight excluding hydrogens is 414 g/mol. The molecule has 4 aromatic rings. The molecule has 0 amide bonds. The Bertz CT molecular complexity index is 1310. The van der Waals surface area contributed by atoms with E-state index in [0.29, 0.717) is 41.9 Å². The van der Waals surface area contributed by atoms with Gasteiger partial charge in [-0.15, -0.1) is 5.10 Å². The number of non-ortho nitro benzene ring substituents is 1. The summed E-state index contributed by atoms with van der Waals surface area (Å²) in [6, 6.07) is 10.1. The zero-order chi connectivity index (χ0) is 22.2. The number of aryl methyl sites for hydroxylation is 1. The number of hydrogen-bond acceptors (Lipinski definition) is 8. The van der Waals surface area contributed by atoms with Gasteiger partial charge in [-0.1, -0.05) is 12.1 Å². The highest BCUT2D eigenvalue weighted by Gasteiger charge is 2.28. The number of hydrogen-bond donors (Lipinski definition) is 0. The van der Waals surface area contributed by atoms with Crippen LogP contribution in [0.5, 0.6) is 5.88 Å². The second-order valence-corrected chi connectivity index (χ2v) is 7.27. The van der Waals surface area contributed by atoms with E-state index in [2.05, 4.69) is 20.1 Å². The second kappa shape index (κ2) is 7.85. The Kier molecular flexibility index (Phi) is 4.86. The van der Waals surface area contributed by atoms with Gasteiger partial charge in [0.1, 0.15) is 17.5 Å². The molecule has 1 aromatic carbocycles. The van der Waals surface area contributed by atoms with E-state index in [-0.39, 0.29) is 5.69 Å². The molecule has 0 saturated heterocycles. The molecule has 0 fully saturated rings. The summed E-state index contributed by atoms with van der Waals surface area (Å²) in [7, 11) is 1.55. The van der Waals surface area contributed by atoms with Gasteiger partial charge in [0.2, 0.25) is 5.88 Å². The highest BCUT2D eigenvalue weighted by atomic mass is 16.6. The molecule has 0 spiro atoms. The van der Waals surface area contributed by atoms with Gasteiger partial charge in [0.05, 0.1) is 37.2 Å². The van der Waals surface area contributed by atoms with E-state index in [1.54, 1.807) is 30.3 Å². The normalized spacial score (nSPS) is 15.4. The lowest BCUT2D eigenvalue weighted by Gasteiger charge is -2.22. The Labute approximate surface area is 182 Å². The second-order valence-electron chi connectivity index (χ2n) is 7.27. The van der Waals surface area contributed by atoms with Crippen LogP contribution in [0.4, 0.5) is 5.69 Å². The number of fused-ring (bicyclic) bond motifs is 1. The van der Waals surface area contributed by atoms with Crippen molar-refractivity contribution in [3.63, 3.8) is 0 Å². The van der Waals surface area contributed by atoms with Crippen LogP contribution >= 0.6 is 0 Å². The molecule has 0 N–H and O–H groups in total. The number of methoxy groups -OCH3 is 1. The highest BCUT2D eigenvalue weighted by Crippen LogP contribution is 2.32. The summed E-state index contributed by atoms with van der Waals surface area (Å²) in [5.41, 5.74) is 2.82. The molecule has 162 valence electrons. The quantitative estimate of drug-likeness (QED) is 0.348. The highest BCUT2D eigenvalue weighted by molar-refractivity contribution is 5.55. The predicted octanol–water partition coefficient (Wildman–Crippen LogP) is 2.87. The summed E-state index contributed by atoms with van der Waals surface area (Å²) in [4.78, 5) is 24.2. The van der Waals surface area contributed by atoms with Crippen molar-refractivity contribution in [3.05, 3.63) is 76.1 Å². The number of nitro benzene ring substituents is 1. The predicted molar refractivity (Wildman–Crippen MR) is 113 cm³/mol. The number of rotatable bonds is 5. The van der Waals surface area contributed by atoms with Gasteiger partial charge in [-0.3, -0.25) is 10.1 Å². The van der Waals surface area contributed by atoms with E-state index in [9.17, 15) is 10.1 Å². The monoisotopic (exact) mass is 433 g/mol. The van der Waals surface area contributed by atoms with Crippen molar-refractivity contribution in [3.8, 4) is 23.1 Å². The Morgan fingerprint density at radius 2 is 2.12 bits per heavy atom. The molecule has 0 bridgehead atoms. The fourth-order valence-electron chi connectivity index (χ4n) is 3.66. The van der Waals surface area contributed by atoms with E-state index in [1.807, 2.05) is 29.8 Å². The van der Waals surface area contributed by atoms with Crippen LogP contribution in [0.25, 0.3) is 17.2 Å². The maximum Gasteiger partial charge on any atom is 0.269 e. The lowest BCUT2D eigenvalue weighted by atomic mass is 10.1. The third-order valence-corrected chi connectivity index (χ3v) is 5.16. The summed E-state index contributed by atoms with van der Waals surface area (Å²) < 4.78 is 15.0. The molecular formula is C21H19N7O4. The number of benzene rings is 1. The maximum absolute atomic E-state index is 11.2. The molecule has 0 saturated carbocycles. The largest absolute Gasteiger partial charge is 0.479 e. The molecule has 32 heavy (non-hydrogen) atoms. The van der Waals surface area contributed by atoms with Crippen molar-refractivity contribution in [2.45, 2.75) is 19.6 Å². The smallest absolute Gasteiger partial charge is 0.269 e. The third-order valence-electron chi connectivity index (χ3n) is 5.16. The Hall–Kier alpha value is -4.12. The van der Waals surface area contributed by atoms with Crippen molar-refractivity contribution in [2.24, 2.45) is 0 Å². The van der Waals surface area contributed by atoms with Crippen molar-refractivity contribution >= 4 is 5.69 Å². The average molecular weight is 433 g/mol. The first-order chi connectivity index (χ1) is 15.5. The first kappa shape index (κ1) is 19.8. The number of nitro groups is 1. The maximum atomic E-state index is 11.2. The lowest BCUT2D eigenvalue weighted by Crippen LogP contribution is -2.23. The summed E-state index contributed by atoms with van der Waals surface area (Å²) in [6.07, 6.45) is 3.02. The standard InChI is InChI=1S/C21H19N7O4/c1-13-11-26(12-22-13)17-7-6-16(23-21(17)31-2)19-24-20-18(32-9-8-27(20)25-19)14-4-3-5-15(10-14)28(29)30/h3-7,10-12,18H,8-9H2,1-2H3/t18-/m1/s1. The van der Waals surface area contributed by atoms with E-state index < -0.39 is 11.0 Å². The molecule has 0 radical (unpaired) electrons. The number of aromatic nitrogens is 6. The molecule has 1 atom stereocenters. The Balaban J connectivity index is 1.52. The molecule has 0 unspecified atom stereocenters. The van der Waals surface area contributed by atoms with Crippen LogP contribution in [0.1, 0.15) is 23.2 Å². The van der Waals surface area contributed by atoms with Gasteiger partial charge in [-0.25, -0.2) is 19.6 Å². The Morgan fingerprint density at radius 3 is 2.88 bits per heavy atom. The van der Waals surface area contributed by atoms with Crippen molar-refractivity contribution in [1.29, 1.82) is 0 Å². The average Bonchev–Trinajstić information content (AvgIpc) is 3.44. The molecule has 4 heterocycles. The first-order valence-electron chi connectivity index (χ1n) is 9.90. The summed E-state index contributed by atoms with van der Waals surface area (Å²) in [5, 5.41) is 15.8. The zero-order valence-corrected chi connectivity index (χ0v) is 17.4. The number of pyridine rings is 1. The minimum Gasteiger partial charge on any atom is -0.479 e. The van der Waals surface area contributed by atoms with Gasteiger partial charge in [0.15, 0.2) is 11.6 Å². The summed E-state index contributed by atoms with van der Waals surface area (Å²) >= 11 is 0. The van der Waals surface area contributed by atoms with Crippen LogP contribution < -0.4 is 4.74 Å². The zero-order valence-electron chi connectivity index (χ0n) is 17.4. The van der Waals surface area contributed by atoms with Gasteiger partial charge in [0.25, 0.3) is 5.69 Å². The van der Waals surface area contributed by atoms with E-state index in [4.69, 9.17) is 9.47 Å². The molecule has 0 aliphatic carbocycles. The summed E-state index contributed by atoms with van der Waals surface area (Å²) in [5.74, 6) is 1.41. The van der Waals surface area contributed by atoms with E-state index in [0.717, 1.165) is 11.4 Å². The van der Waals surface area contributed by atoms with Crippen LogP contribution in [0.15, 0.2) is 48.9 Å². The van der Waals surface area contributed by atoms with Crippen LogP contribution in [-0.4, -0.2) is 47.9 Å². The fraction of sp³-hybridized carbons (Fsp3) is 0.238. The van der Waals surface area contributed by atoms with Crippen molar-refractivity contribution < 1.29 is 14.4 Å². The molecule has 11 nitrogen and oxygen atoms in total. The molecule has 5 rings (SSSR count). The third kappa shape index (κ3) is 3.48. The fourth-order valence-corrected chi connectivity index (χ4v) is 3.66. The van der Waals surface area contributed by atoms with Gasteiger partial charge < -0.3 is 14.0 Å². The minimum absolute atomic E-state index is 0.000285. The van der Waals surface area contributed by atoms with Crippen LogP contribution in [0.2, 0.25) is 0 Å². The van der Waals surface area contributed by atoms with Crippen LogP contribution in [0, 0.1) is 17.0 Å². The molecule has 1 aliphatic rings. The number of ether oxygens (including phenoxy) is 2. The van der Waals surface area contributed by atoms with Gasteiger partial charge in [-0.2, -0.15) is 0 Å². The van der Waals surface area contributed by atoms with Gasteiger partial charge in [-0.05, 0) is 24.6 Å². The summed E-state index contributed by atoms with van der Waals surface area (Å²) in [6.45, 7) is 2.85. The molecule has 3 aromatic heterocycles. The van der Waals surface area contributed by atoms with E-state index >= 15 is 0 Å². The minimum atomic E-state index is -0.556. The first-order valence-corrected chi connectivity index (χ1v) is 9.90. The van der Waals surface area contributed by atoms with Crippen molar-refractivity contribution in [2.75, 3.05) is 13.7 Å². The van der Waals surface area contributed by atoms with Crippen molar-refractivity contribution in [1.82, 2.24) is 29.3 Å².